The SMILES string of the molecule is CCC[CH2][Sn]([CH2]CCC)([CH2]CCC)[C]1(OO)C=CCC1C. The van der Waals surface area contributed by atoms with Crippen LogP contribution in [0.5, 0.6) is 0 Å². The van der Waals surface area contributed by atoms with Crippen LogP contribution in [0, 0.1) is 5.92 Å². The normalized spacial score (nSPS) is 25.7. The topological polar surface area (TPSA) is 29.5 Å². The molecule has 0 amide bonds. The van der Waals surface area contributed by atoms with E-state index in [0.717, 1.165) is 6.42 Å². The Hall–Kier alpha value is 0.459. The van der Waals surface area contributed by atoms with Gasteiger partial charge in [-0.1, -0.05) is 0 Å². The zero-order valence-electron chi connectivity index (χ0n) is 14.7. The van der Waals surface area contributed by atoms with Gasteiger partial charge in [0, 0.05) is 0 Å². The molecule has 21 heavy (non-hydrogen) atoms. The first-order valence-corrected chi connectivity index (χ1v) is 16.6. The van der Waals surface area contributed by atoms with Crippen LogP contribution in [0.2, 0.25) is 13.3 Å². The molecule has 1 aliphatic carbocycles. The van der Waals surface area contributed by atoms with E-state index >= 15 is 0 Å². The molecular weight excluding hydrogens is 367 g/mol. The summed E-state index contributed by atoms with van der Waals surface area (Å²) < 4.78 is 3.87. The molecule has 1 rings (SSSR count). The van der Waals surface area contributed by atoms with E-state index < -0.39 is 18.4 Å². The molecule has 3 heteroatoms. The van der Waals surface area contributed by atoms with Crippen molar-refractivity contribution in [3.8, 4) is 0 Å². The molecule has 0 fully saturated rings. The Morgan fingerprint density at radius 2 is 1.52 bits per heavy atom. The van der Waals surface area contributed by atoms with E-state index in [0.29, 0.717) is 5.92 Å². The van der Waals surface area contributed by atoms with E-state index in [1.165, 1.54) is 51.8 Å². The summed E-state index contributed by atoms with van der Waals surface area (Å²) in [5.41, 5.74) is 0. The molecule has 0 aromatic heterocycles. The number of allylic oxidation sites excluding steroid dienone is 1. The first-order chi connectivity index (χ1) is 10.1. The summed E-state index contributed by atoms with van der Waals surface area (Å²) in [6.07, 6.45) is 13.3. The minimum absolute atomic E-state index is 0.256. The molecule has 0 saturated carbocycles. The average Bonchev–Trinajstić information content (AvgIpc) is 2.89. The van der Waals surface area contributed by atoms with Crippen molar-refractivity contribution in [3.63, 3.8) is 0 Å². The quantitative estimate of drug-likeness (QED) is 0.193. The summed E-state index contributed by atoms with van der Waals surface area (Å²) in [6.45, 7) is 9.15. The molecule has 124 valence electrons. The number of hydrogen-bond donors (Lipinski definition) is 1. The number of unbranched alkanes of at least 4 members (excludes halogenated alkanes) is 3. The molecule has 0 saturated heterocycles. The molecule has 2 atom stereocenters. The van der Waals surface area contributed by atoms with Crippen LogP contribution in [-0.4, -0.2) is 27.3 Å². The summed E-state index contributed by atoms with van der Waals surface area (Å²) in [5, 5.41) is 9.92. The van der Waals surface area contributed by atoms with Crippen molar-refractivity contribution >= 4 is 18.4 Å². The van der Waals surface area contributed by atoms with Gasteiger partial charge in [-0.3, -0.25) is 0 Å². The molecular formula is C18H36O2Sn. The van der Waals surface area contributed by atoms with E-state index in [1.54, 1.807) is 0 Å². The first kappa shape index (κ1) is 19.5. The summed E-state index contributed by atoms with van der Waals surface area (Å²) in [4.78, 5) is 5.37. The van der Waals surface area contributed by atoms with E-state index in [1.807, 2.05) is 0 Å². The molecule has 2 nitrogen and oxygen atoms in total. The fraction of sp³-hybridized carbons (Fsp3) is 0.889. The van der Waals surface area contributed by atoms with Crippen molar-refractivity contribution < 1.29 is 10.1 Å². The van der Waals surface area contributed by atoms with Crippen LogP contribution in [0.25, 0.3) is 0 Å². The standard InChI is InChI=1S/C6H9O2.3C4H9.Sn/c1-5-3-2-4-6(5)8-7;3*1-3-4-2;/h2,4-5,7H,3H2,1H3;3*1,3-4H2,2H3;. The molecule has 0 radical (unpaired) electrons. The van der Waals surface area contributed by atoms with Gasteiger partial charge in [-0.25, -0.2) is 0 Å². The first-order valence-electron chi connectivity index (χ1n) is 9.12. The van der Waals surface area contributed by atoms with Crippen molar-refractivity contribution in [2.75, 3.05) is 0 Å². The van der Waals surface area contributed by atoms with Gasteiger partial charge < -0.3 is 0 Å². The fourth-order valence-electron chi connectivity index (χ4n) is 4.21. The second-order valence-corrected chi connectivity index (χ2v) is 20.8. The Bertz CT molecular complexity index is 295. The Balaban J connectivity index is 3.12. The van der Waals surface area contributed by atoms with Crippen molar-refractivity contribution in [1.29, 1.82) is 0 Å². The maximum absolute atomic E-state index is 9.92. The second kappa shape index (κ2) is 9.56. The van der Waals surface area contributed by atoms with Gasteiger partial charge in [-0.15, -0.1) is 0 Å². The van der Waals surface area contributed by atoms with E-state index in [2.05, 4.69) is 39.8 Å². The van der Waals surface area contributed by atoms with E-state index in [-0.39, 0.29) is 3.62 Å². The second-order valence-electron chi connectivity index (χ2n) is 7.01. The predicted octanol–water partition coefficient (Wildman–Crippen LogP) is 6.20. The molecule has 0 bridgehead atoms. The van der Waals surface area contributed by atoms with Gasteiger partial charge in [0.1, 0.15) is 0 Å². The number of rotatable bonds is 11. The molecule has 0 aromatic rings. The van der Waals surface area contributed by atoms with Gasteiger partial charge in [0.15, 0.2) is 0 Å². The van der Waals surface area contributed by atoms with Gasteiger partial charge in [0.2, 0.25) is 0 Å². The summed E-state index contributed by atoms with van der Waals surface area (Å²) in [5.74, 6) is 0.462. The Morgan fingerprint density at radius 1 is 1.05 bits per heavy atom. The Labute approximate surface area is 136 Å². The molecule has 1 aliphatic rings. The predicted molar refractivity (Wildman–Crippen MR) is 94.3 cm³/mol. The van der Waals surface area contributed by atoms with Gasteiger partial charge in [0.25, 0.3) is 0 Å². The maximum atomic E-state index is 9.92. The third-order valence-electron chi connectivity index (χ3n) is 5.59. The monoisotopic (exact) mass is 404 g/mol. The number of hydrogen-bond acceptors (Lipinski definition) is 2. The van der Waals surface area contributed by atoms with Crippen LogP contribution in [0.3, 0.4) is 0 Å². The molecule has 2 unspecified atom stereocenters. The Kier molecular flexibility index (Phi) is 8.88. The molecule has 1 N–H and O–H groups in total. The Morgan fingerprint density at radius 3 is 1.81 bits per heavy atom. The third kappa shape index (κ3) is 4.26. The minimum atomic E-state index is -2.61. The van der Waals surface area contributed by atoms with E-state index in [9.17, 15) is 5.26 Å². The van der Waals surface area contributed by atoms with Crippen LogP contribution in [0.4, 0.5) is 0 Å². The van der Waals surface area contributed by atoms with Gasteiger partial charge in [-0.05, 0) is 0 Å². The molecule has 0 spiro atoms. The van der Waals surface area contributed by atoms with Crippen molar-refractivity contribution in [1.82, 2.24) is 0 Å². The van der Waals surface area contributed by atoms with Crippen LogP contribution in [0.15, 0.2) is 12.2 Å². The molecule has 0 aliphatic heterocycles. The van der Waals surface area contributed by atoms with Crippen LogP contribution in [-0.2, 0) is 4.89 Å². The summed E-state index contributed by atoms with van der Waals surface area (Å²) >= 11 is -2.61. The van der Waals surface area contributed by atoms with Crippen LogP contribution < -0.4 is 0 Å². The van der Waals surface area contributed by atoms with Gasteiger partial charge in [-0.2, -0.15) is 0 Å². The van der Waals surface area contributed by atoms with Crippen molar-refractivity contribution in [3.05, 3.63) is 12.2 Å². The molecule has 0 aromatic carbocycles. The van der Waals surface area contributed by atoms with Crippen molar-refractivity contribution in [2.45, 2.75) is 89.6 Å². The van der Waals surface area contributed by atoms with Gasteiger partial charge in [0.05, 0.1) is 0 Å². The molecule has 0 heterocycles. The fourth-order valence-corrected chi connectivity index (χ4v) is 23.7. The van der Waals surface area contributed by atoms with Crippen molar-refractivity contribution in [2.24, 2.45) is 5.92 Å². The zero-order chi connectivity index (χ0) is 15.8. The average molecular weight is 403 g/mol. The zero-order valence-corrected chi connectivity index (χ0v) is 17.5. The van der Waals surface area contributed by atoms with E-state index in [4.69, 9.17) is 4.89 Å². The summed E-state index contributed by atoms with van der Waals surface area (Å²) in [6, 6.07) is 0. The van der Waals surface area contributed by atoms with Gasteiger partial charge >= 0.3 is 136 Å². The van der Waals surface area contributed by atoms with Crippen LogP contribution >= 0.6 is 0 Å². The van der Waals surface area contributed by atoms with Crippen LogP contribution in [0.1, 0.15) is 72.6 Å². The summed E-state index contributed by atoms with van der Waals surface area (Å²) in [7, 11) is 0. The third-order valence-corrected chi connectivity index (χ3v) is 23.7.